The second-order valence-electron chi connectivity index (χ2n) is 15.2. The average molecular weight is 706 g/mol. The fourth-order valence-corrected chi connectivity index (χ4v) is 6.80. The lowest BCUT2D eigenvalue weighted by Crippen LogP contribution is -2.50. The van der Waals surface area contributed by atoms with Crippen LogP contribution < -0.4 is 5.32 Å². The van der Waals surface area contributed by atoms with Gasteiger partial charge >= 0.3 is 0 Å². The molecule has 0 aromatic heterocycles. The first-order valence-corrected chi connectivity index (χ1v) is 22.1. The number of allylic oxidation sites excluding steroid dienone is 4. The Morgan fingerprint density at radius 3 is 1.16 bits per heavy atom. The fraction of sp³-hybridized carbons (Fsp3) is 0.889. The molecule has 0 saturated carbocycles. The van der Waals surface area contributed by atoms with Crippen LogP contribution in [0.2, 0.25) is 0 Å². The topological polar surface area (TPSA) is 89.8 Å². The summed E-state index contributed by atoms with van der Waals surface area (Å²) in [5.74, 6) is -0.158. The molecule has 0 fully saturated rings. The number of aliphatic hydroxyl groups excluding tert-OH is 3. The molecule has 0 aromatic carbocycles. The minimum atomic E-state index is -1.16. The summed E-state index contributed by atoms with van der Waals surface area (Å²) in [5.41, 5.74) is 0. The molecular weight excluding hydrogens is 618 g/mol. The third-order valence-electron chi connectivity index (χ3n) is 10.3. The van der Waals surface area contributed by atoms with Crippen molar-refractivity contribution < 1.29 is 20.1 Å². The summed E-state index contributed by atoms with van der Waals surface area (Å²) >= 11 is 0. The summed E-state index contributed by atoms with van der Waals surface area (Å²) < 4.78 is 0. The van der Waals surface area contributed by atoms with E-state index in [1.807, 2.05) is 0 Å². The van der Waals surface area contributed by atoms with Crippen LogP contribution in [0.25, 0.3) is 0 Å². The number of hydrogen-bond acceptors (Lipinski definition) is 4. The van der Waals surface area contributed by atoms with Gasteiger partial charge in [-0.15, -0.1) is 0 Å². The van der Waals surface area contributed by atoms with Gasteiger partial charge in [0.25, 0.3) is 0 Å². The first-order valence-electron chi connectivity index (χ1n) is 22.1. The van der Waals surface area contributed by atoms with Gasteiger partial charge in [0.1, 0.15) is 6.10 Å². The van der Waals surface area contributed by atoms with Crippen molar-refractivity contribution in [1.82, 2.24) is 5.32 Å². The fourth-order valence-electron chi connectivity index (χ4n) is 6.80. The Labute approximate surface area is 312 Å². The molecule has 0 saturated heterocycles. The van der Waals surface area contributed by atoms with Crippen molar-refractivity contribution in [3.8, 4) is 0 Å². The molecule has 5 nitrogen and oxygen atoms in total. The van der Waals surface area contributed by atoms with E-state index >= 15 is 0 Å². The Morgan fingerprint density at radius 2 is 0.800 bits per heavy atom. The zero-order valence-electron chi connectivity index (χ0n) is 33.5. The second-order valence-corrected chi connectivity index (χ2v) is 15.2. The van der Waals surface area contributed by atoms with Crippen LogP contribution in [0.5, 0.6) is 0 Å². The molecule has 0 aliphatic rings. The molecule has 0 rings (SSSR count). The SMILES string of the molecule is CCCCCCCC/C=C\CCCCCCCCCC(=O)NC(CO)C(O)C(O)CCC/C=C/CCCCCCCCCCCCCCCC. The quantitative estimate of drug-likeness (QED) is 0.0377. The van der Waals surface area contributed by atoms with Crippen LogP contribution in [0, 0.1) is 0 Å². The van der Waals surface area contributed by atoms with Crippen molar-refractivity contribution in [2.24, 2.45) is 0 Å². The monoisotopic (exact) mass is 706 g/mol. The summed E-state index contributed by atoms with van der Waals surface area (Å²) in [5, 5.41) is 33.5. The lowest BCUT2D eigenvalue weighted by molar-refractivity contribution is -0.124. The van der Waals surface area contributed by atoms with E-state index in [1.54, 1.807) is 0 Å². The molecule has 50 heavy (non-hydrogen) atoms. The number of aliphatic hydroxyl groups is 3. The molecule has 3 atom stereocenters. The summed E-state index contributed by atoms with van der Waals surface area (Å²) in [6, 6.07) is -0.826. The number of hydrogen-bond donors (Lipinski definition) is 4. The Kier molecular flexibility index (Phi) is 39.6. The van der Waals surface area contributed by atoms with Crippen molar-refractivity contribution in [3.05, 3.63) is 24.3 Å². The molecule has 1 amide bonds. The standard InChI is InChI=1S/C45H87NO4/c1-3-5-7-9-11-13-15-17-19-21-22-24-25-27-29-31-33-35-37-39-43(48)45(50)42(41-47)46-44(49)40-38-36-34-32-30-28-26-23-20-18-16-14-12-10-8-6-4-2/h18,20,31,33,42-43,45,47-48,50H,3-17,19,21-30,32,34-41H2,1-2H3,(H,46,49)/b20-18-,33-31+. The third-order valence-corrected chi connectivity index (χ3v) is 10.3. The maximum Gasteiger partial charge on any atom is 0.220 e. The van der Waals surface area contributed by atoms with E-state index < -0.39 is 18.2 Å². The minimum Gasteiger partial charge on any atom is -0.394 e. The van der Waals surface area contributed by atoms with Crippen LogP contribution in [0.15, 0.2) is 24.3 Å². The van der Waals surface area contributed by atoms with Gasteiger partial charge in [0.05, 0.1) is 18.8 Å². The van der Waals surface area contributed by atoms with E-state index in [0.29, 0.717) is 12.8 Å². The number of carbonyl (C=O) groups excluding carboxylic acids is 1. The number of nitrogens with one attached hydrogen (secondary N) is 1. The van der Waals surface area contributed by atoms with Gasteiger partial charge in [0.2, 0.25) is 5.91 Å². The van der Waals surface area contributed by atoms with Gasteiger partial charge in [-0.25, -0.2) is 0 Å². The van der Waals surface area contributed by atoms with Crippen LogP contribution in [0.3, 0.4) is 0 Å². The predicted molar refractivity (Wildman–Crippen MR) is 218 cm³/mol. The molecule has 296 valence electrons. The average Bonchev–Trinajstić information content (AvgIpc) is 3.12. The molecule has 0 aromatic rings. The van der Waals surface area contributed by atoms with Gasteiger partial charge < -0.3 is 20.6 Å². The Bertz CT molecular complexity index is 739. The predicted octanol–water partition coefficient (Wildman–Crippen LogP) is 12.6. The molecule has 3 unspecified atom stereocenters. The summed E-state index contributed by atoms with van der Waals surface area (Å²) in [6.45, 7) is 4.17. The van der Waals surface area contributed by atoms with Crippen molar-refractivity contribution >= 4 is 5.91 Å². The van der Waals surface area contributed by atoms with Gasteiger partial charge in [-0.1, -0.05) is 186 Å². The van der Waals surface area contributed by atoms with E-state index in [-0.39, 0.29) is 12.5 Å². The maximum atomic E-state index is 12.4. The zero-order valence-corrected chi connectivity index (χ0v) is 33.5. The van der Waals surface area contributed by atoms with E-state index in [9.17, 15) is 20.1 Å². The van der Waals surface area contributed by atoms with E-state index in [0.717, 1.165) is 38.5 Å². The number of amides is 1. The highest BCUT2D eigenvalue weighted by Gasteiger charge is 2.26. The summed E-state index contributed by atoms with van der Waals surface area (Å²) in [7, 11) is 0. The molecule has 0 heterocycles. The highest BCUT2D eigenvalue weighted by Crippen LogP contribution is 2.15. The lowest BCUT2D eigenvalue weighted by Gasteiger charge is -2.26. The molecule has 0 aliphatic carbocycles. The number of rotatable bonds is 40. The van der Waals surface area contributed by atoms with Gasteiger partial charge in [-0.05, 0) is 64.2 Å². The molecule has 0 aliphatic heterocycles. The molecule has 0 radical (unpaired) electrons. The Morgan fingerprint density at radius 1 is 0.480 bits per heavy atom. The van der Waals surface area contributed by atoms with Crippen LogP contribution in [0.4, 0.5) is 0 Å². The zero-order chi connectivity index (χ0) is 36.6. The van der Waals surface area contributed by atoms with Crippen LogP contribution >= 0.6 is 0 Å². The van der Waals surface area contributed by atoms with E-state index in [1.165, 1.54) is 167 Å². The first-order chi connectivity index (χ1) is 24.6. The molecular formula is C45H87NO4. The molecule has 4 N–H and O–H groups in total. The minimum absolute atomic E-state index is 0.158. The smallest absolute Gasteiger partial charge is 0.220 e. The third kappa shape index (κ3) is 35.2. The highest BCUT2D eigenvalue weighted by atomic mass is 16.3. The van der Waals surface area contributed by atoms with E-state index in [2.05, 4.69) is 43.5 Å². The Balaban J connectivity index is 3.67. The van der Waals surface area contributed by atoms with Gasteiger partial charge in [-0.3, -0.25) is 4.79 Å². The van der Waals surface area contributed by atoms with Crippen molar-refractivity contribution in [2.75, 3.05) is 6.61 Å². The van der Waals surface area contributed by atoms with E-state index in [4.69, 9.17) is 0 Å². The van der Waals surface area contributed by atoms with Gasteiger partial charge in [0.15, 0.2) is 0 Å². The number of unbranched alkanes of at least 4 members (excludes halogenated alkanes) is 28. The lowest BCUT2D eigenvalue weighted by atomic mass is 10.0. The van der Waals surface area contributed by atoms with Crippen LogP contribution in [-0.4, -0.2) is 46.1 Å². The summed E-state index contributed by atoms with van der Waals surface area (Å²) in [4.78, 5) is 12.4. The van der Waals surface area contributed by atoms with Gasteiger partial charge in [0, 0.05) is 6.42 Å². The van der Waals surface area contributed by atoms with Crippen LogP contribution in [-0.2, 0) is 4.79 Å². The largest absolute Gasteiger partial charge is 0.394 e. The van der Waals surface area contributed by atoms with Crippen molar-refractivity contribution in [1.29, 1.82) is 0 Å². The normalized spacial score (nSPS) is 13.8. The van der Waals surface area contributed by atoms with Crippen LogP contribution in [0.1, 0.15) is 232 Å². The highest BCUT2D eigenvalue weighted by molar-refractivity contribution is 5.76. The van der Waals surface area contributed by atoms with Crippen molar-refractivity contribution in [3.63, 3.8) is 0 Å². The maximum absolute atomic E-state index is 12.4. The van der Waals surface area contributed by atoms with Crippen molar-refractivity contribution in [2.45, 2.75) is 250 Å². The second kappa shape index (κ2) is 40.6. The number of carbonyl (C=O) groups is 1. The first kappa shape index (κ1) is 48.8. The summed E-state index contributed by atoms with van der Waals surface area (Å²) in [6.07, 6.45) is 48.6. The Hall–Kier alpha value is -1.17. The molecule has 5 heteroatoms. The molecule has 0 bridgehead atoms. The van der Waals surface area contributed by atoms with Gasteiger partial charge in [-0.2, -0.15) is 0 Å². The molecule has 0 spiro atoms.